The number of nitrogens with two attached hydrogens (primary N) is 1. The largest absolute Gasteiger partial charge is 0.436 e. The number of carbonyl (C=O) groups is 4. The molecule has 32 heavy (non-hydrogen) atoms. The summed E-state index contributed by atoms with van der Waals surface area (Å²) in [4.78, 5) is 52.3. The molecule has 176 valence electrons. The number of carbonyl (C=O) groups excluding carboxylic acids is 4. The van der Waals surface area contributed by atoms with Crippen molar-refractivity contribution < 1.29 is 23.9 Å². The maximum absolute atomic E-state index is 13.3. The molecule has 2 saturated carbocycles. The number of primary amides is 1. The van der Waals surface area contributed by atoms with E-state index in [2.05, 4.69) is 16.7 Å². The Labute approximate surface area is 188 Å². The predicted molar refractivity (Wildman–Crippen MR) is 116 cm³/mol. The molecule has 0 spiro atoms. The molecule has 3 fully saturated rings. The molecule has 0 bridgehead atoms. The summed E-state index contributed by atoms with van der Waals surface area (Å²) in [5.74, 6) is -0.323. The van der Waals surface area contributed by atoms with Gasteiger partial charge in [0.05, 0.1) is 0 Å². The smallest absolute Gasteiger partial charge is 0.405 e. The Bertz CT molecular complexity index is 795. The highest BCUT2D eigenvalue weighted by atomic mass is 16.6. The van der Waals surface area contributed by atoms with E-state index in [0.29, 0.717) is 44.7 Å². The van der Waals surface area contributed by atoms with E-state index in [-0.39, 0.29) is 23.6 Å². The van der Waals surface area contributed by atoms with Gasteiger partial charge >= 0.3 is 6.09 Å². The Hall–Kier alpha value is -2.58. The zero-order valence-electron chi connectivity index (χ0n) is 18.5. The molecular weight excluding hydrogens is 412 g/mol. The molecular formula is C23H34N4O5. The maximum atomic E-state index is 13.3. The van der Waals surface area contributed by atoms with Crippen LogP contribution in [0.4, 0.5) is 4.79 Å². The van der Waals surface area contributed by atoms with Crippen molar-refractivity contribution in [3.8, 4) is 0 Å². The van der Waals surface area contributed by atoms with Crippen molar-refractivity contribution in [1.82, 2.24) is 15.5 Å². The quantitative estimate of drug-likeness (QED) is 0.561. The highest BCUT2D eigenvalue weighted by Crippen LogP contribution is 2.45. The second kappa shape index (κ2) is 9.50. The lowest BCUT2D eigenvalue weighted by Crippen LogP contribution is -2.56. The van der Waals surface area contributed by atoms with Gasteiger partial charge in [-0.3, -0.25) is 14.4 Å². The van der Waals surface area contributed by atoms with E-state index < -0.39 is 23.8 Å². The molecule has 2 heterocycles. The Morgan fingerprint density at radius 3 is 2.72 bits per heavy atom. The highest BCUT2D eigenvalue weighted by Gasteiger charge is 2.60. The summed E-state index contributed by atoms with van der Waals surface area (Å²) in [6, 6.07) is -0.676. The molecule has 4 amide bonds. The van der Waals surface area contributed by atoms with Crippen molar-refractivity contribution in [1.29, 1.82) is 0 Å². The van der Waals surface area contributed by atoms with Gasteiger partial charge in [-0.05, 0) is 63.7 Å². The van der Waals surface area contributed by atoms with Gasteiger partial charge in [0.1, 0.15) is 11.6 Å². The Balaban J connectivity index is 1.52. The number of rotatable bonds is 4. The predicted octanol–water partition coefficient (Wildman–Crippen LogP) is 1.36. The van der Waals surface area contributed by atoms with Crippen molar-refractivity contribution in [3.05, 3.63) is 12.2 Å². The minimum atomic E-state index is -0.989. The lowest BCUT2D eigenvalue weighted by atomic mass is 10.1. The number of nitrogens with zero attached hydrogens (tertiary/aromatic N) is 1. The van der Waals surface area contributed by atoms with Crippen LogP contribution in [0, 0.1) is 11.8 Å². The number of fused-ring (bicyclic) bond motifs is 2. The summed E-state index contributed by atoms with van der Waals surface area (Å²) in [6.07, 6.45) is 9.96. The third-order valence-electron chi connectivity index (χ3n) is 7.09. The van der Waals surface area contributed by atoms with Gasteiger partial charge in [0, 0.05) is 19.0 Å². The molecule has 4 rings (SSSR count). The first-order valence-electron chi connectivity index (χ1n) is 11.9. The molecule has 9 nitrogen and oxygen atoms in total. The van der Waals surface area contributed by atoms with Gasteiger partial charge in [-0.15, -0.1) is 0 Å². The standard InChI is InChI=1S/C23H34N4O5/c24-22(31)32-18-9-5-3-1-2-4-7-16-13-23(16,21(30)25-14-15-10-11-15)26-19(28)17-8-6-12-27(17)20(18)29/h4,7,15-18H,1-3,5-6,8-14H2,(H2,24,31)(H,25,30)(H,26,28)/b7-4-. The number of amides is 4. The fourth-order valence-corrected chi connectivity index (χ4v) is 4.89. The van der Waals surface area contributed by atoms with E-state index in [4.69, 9.17) is 10.5 Å². The third kappa shape index (κ3) is 5.07. The minimum Gasteiger partial charge on any atom is -0.436 e. The highest BCUT2D eigenvalue weighted by molar-refractivity contribution is 5.98. The lowest BCUT2D eigenvalue weighted by Gasteiger charge is -2.29. The molecule has 4 atom stereocenters. The number of hydrogen-bond acceptors (Lipinski definition) is 5. The maximum Gasteiger partial charge on any atom is 0.405 e. The van der Waals surface area contributed by atoms with Gasteiger partial charge in [0.2, 0.25) is 11.8 Å². The first-order valence-corrected chi connectivity index (χ1v) is 11.9. The minimum absolute atomic E-state index is 0.0349. The van der Waals surface area contributed by atoms with Gasteiger partial charge in [0.25, 0.3) is 5.91 Å². The van der Waals surface area contributed by atoms with Gasteiger partial charge < -0.3 is 26.0 Å². The first kappa shape index (κ1) is 22.6. The van der Waals surface area contributed by atoms with Crippen LogP contribution in [0.3, 0.4) is 0 Å². The van der Waals surface area contributed by atoms with Crippen LogP contribution in [0.2, 0.25) is 0 Å². The molecule has 2 aliphatic heterocycles. The summed E-state index contributed by atoms with van der Waals surface area (Å²) in [5.41, 5.74) is 4.25. The molecule has 0 aromatic carbocycles. The zero-order chi connectivity index (χ0) is 22.7. The molecule has 4 N–H and O–H groups in total. The molecule has 0 aromatic rings. The van der Waals surface area contributed by atoms with Crippen molar-refractivity contribution in [2.45, 2.75) is 81.9 Å². The molecule has 4 aliphatic rings. The fourth-order valence-electron chi connectivity index (χ4n) is 4.89. The molecule has 9 heteroatoms. The normalized spacial score (nSPS) is 34.2. The summed E-state index contributed by atoms with van der Waals surface area (Å²) in [6.45, 7) is 1.06. The SMILES string of the molecule is NC(=O)OC1CCCCC/C=C\C2CC2(C(=O)NCC2CC2)NC(=O)C2CCCN2C1=O. The van der Waals surface area contributed by atoms with E-state index in [1.807, 2.05) is 6.08 Å². The summed E-state index contributed by atoms with van der Waals surface area (Å²) >= 11 is 0. The Morgan fingerprint density at radius 2 is 1.97 bits per heavy atom. The number of nitrogens with one attached hydrogen (secondary N) is 2. The average Bonchev–Trinajstić information content (AvgIpc) is 3.65. The van der Waals surface area contributed by atoms with Crippen LogP contribution in [0.5, 0.6) is 0 Å². The average molecular weight is 447 g/mol. The molecule has 2 aliphatic carbocycles. The van der Waals surface area contributed by atoms with Crippen LogP contribution in [-0.4, -0.2) is 59.5 Å². The number of allylic oxidation sites excluding steroid dienone is 1. The van der Waals surface area contributed by atoms with Crippen molar-refractivity contribution in [2.75, 3.05) is 13.1 Å². The van der Waals surface area contributed by atoms with E-state index >= 15 is 0 Å². The first-order chi connectivity index (χ1) is 15.4. The summed E-state index contributed by atoms with van der Waals surface area (Å²) in [7, 11) is 0. The fraction of sp³-hybridized carbons (Fsp3) is 0.739. The van der Waals surface area contributed by atoms with Crippen LogP contribution in [-0.2, 0) is 19.1 Å². The monoisotopic (exact) mass is 446 g/mol. The Kier molecular flexibility index (Phi) is 6.71. The van der Waals surface area contributed by atoms with E-state index in [0.717, 1.165) is 38.5 Å². The second-order valence-corrected chi connectivity index (χ2v) is 9.61. The van der Waals surface area contributed by atoms with Crippen molar-refractivity contribution in [3.63, 3.8) is 0 Å². The summed E-state index contributed by atoms with van der Waals surface area (Å²) in [5, 5.41) is 6.02. The molecule has 1 saturated heterocycles. The summed E-state index contributed by atoms with van der Waals surface area (Å²) < 4.78 is 5.12. The van der Waals surface area contributed by atoms with Crippen LogP contribution in [0.15, 0.2) is 12.2 Å². The van der Waals surface area contributed by atoms with E-state index in [1.54, 1.807) is 0 Å². The molecule has 4 unspecified atom stereocenters. The molecule has 0 radical (unpaired) electrons. The van der Waals surface area contributed by atoms with Gasteiger partial charge in [-0.1, -0.05) is 18.6 Å². The Morgan fingerprint density at radius 1 is 1.16 bits per heavy atom. The van der Waals surface area contributed by atoms with Gasteiger partial charge in [-0.2, -0.15) is 0 Å². The van der Waals surface area contributed by atoms with E-state index in [1.165, 1.54) is 4.90 Å². The van der Waals surface area contributed by atoms with Crippen LogP contribution in [0.25, 0.3) is 0 Å². The van der Waals surface area contributed by atoms with Crippen LogP contribution in [0.1, 0.15) is 64.2 Å². The molecule has 0 aromatic heterocycles. The number of hydrogen-bond donors (Lipinski definition) is 3. The topological polar surface area (TPSA) is 131 Å². The third-order valence-corrected chi connectivity index (χ3v) is 7.09. The van der Waals surface area contributed by atoms with Crippen LogP contribution < -0.4 is 16.4 Å². The lowest BCUT2D eigenvalue weighted by molar-refractivity contribution is -0.146. The second-order valence-electron chi connectivity index (χ2n) is 9.61. The van der Waals surface area contributed by atoms with Gasteiger partial charge in [0.15, 0.2) is 6.10 Å². The van der Waals surface area contributed by atoms with Crippen LogP contribution >= 0.6 is 0 Å². The number of ether oxygens (including phenoxy) is 1. The van der Waals surface area contributed by atoms with Crippen molar-refractivity contribution >= 4 is 23.8 Å². The van der Waals surface area contributed by atoms with Gasteiger partial charge in [-0.25, -0.2) is 4.79 Å². The van der Waals surface area contributed by atoms with E-state index in [9.17, 15) is 19.2 Å². The zero-order valence-corrected chi connectivity index (χ0v) is 18.5. The van der Waals surface area contributed by atoms with Crippen molar-refractivity contribution in [2.24, 2.45) is 17.6 Å².